The molecule has 1 saturated heterocycles. The maximum atomic E-state index is 12.4. The van der Waals surface area contributed by atoms with E-state index in [0.717, 1.165) is 37.2 Å². The summed E-state index contributed by atoms with van der Waals surface area (Å²) in [5.41, 5.74) is 8.33. The van der Waals surface area contributed by atoms with E-state index in [1.165, 1.54) is 0 Å². The third-order valence-electron chi connectivity index (χ3n) is 6.18. The molecule has 0 saturated carbocycles. The van der Waals surface area contributed by atoms with Gasteiger partial charge in [-0.1, -0.05) is 18.2 Å². The number of nitrogens with one attached hydrogen (secondary N) is 4. The largest absolute Gasteiger partial charge is 0.508 e. The van der Waals surface area contributed by atoms with Crippen LogP contribution in [0.5, 0.6) is 5.75 Å². The number of urea groups is 1. The predicted octanol–water partition coefficient (Wildman–Crippen LogP) is 3.80. The number of nitrogens with zero attached hydrogens (tertiary/aromatic N) is 3. The van der Waals surface area contributed by atoms with E-state index in [9.17, 15) is 14.7 Å². The number of nitrogens with two attached hydrogens (primary N) is 1. The molecule has 1 aliphatic heterocycles. The van der Waals surface area contributed by atoms with Gasteiger partial charge in [-0.2, -0.15) is 4.98 Å². The minimum atomic E-state index is -0.667. The molecule has 206 valence electrons. The molecule has 3 amide bonds. The number of amides is 3. The highest BCUT2D eigenvalue weighted by molar-refractivity contribution is 9.10. The molecule has 2 heterocycles. The minimum Gasteiger partial charge on any atom is -0.508 e. The van der Waals surface area contributed by atoms with Gasteiger partial charge >= 0.3 is 6.03 Å². The molecule has 4 rings (SSSR count). The molecule has 1 aromatic heterocycles. The zero-order chi connectivity index (χ0) is 27.6. The summed E-state index contributed by atoms with van der Waals surface area (Å²) in [6.45, 7) is 2.60. The molecule has 12 heteroatoms. The van der Waals surface area contributed by atoms with Crippen molar-refractivity contribution in [3.8, 4) is 5.75 Å². The Morgan fingerprint density at radius 2 is 1.82 bits per heavy atom. The van der Waals surface area contributed by atoms with Gasteiger partial charge in [-0.25, -0.2) is 9.78 Å². The van der Waals surface area contributed by atoms with Crippen LogP contribution in [-0.2, 0) is 11.2 Å². The Morgan fingerprint density at radius 3 is 2.59 bits per heavy atom. The van der Waals surface area contributed by atoms with Gasteiger partial charge in [-0.05, 0) is 77.5 Å². The number of phenols is 1. The lowest BCUT2D eigenvalue weighted by atomic mass is 10.1. The second-order valence-corrected chi connectivity index (χ2v) is 10.1. The van der Waals surface area contributed by atoms with Crippen LogP contribution in [0.1, 0.15) is 24.8 Å². The van der Waals surface area contributed by atoms with Crippen molar-refractivity contribution < 1.29 is 14.7 Å². The first-order valence-corrected chi connectivity index (χ1v) is 13.7. The number of hydrogen-bond acceptors (Lipinski definition) is 8. The molecule has 0 aliphatic carbocycles. The summed E-state index contributed by atoms with van der Waals surface area (Å²) in [5.74, 6) is 0.963. The number of aromatic nitrogens is 2. The number of aromatic hydroxyl groups is 1. The van der Waals surface area contributed by atoms with E-state index in [4.69, 9.17) is 5.73 Å². The molecule has 0 spiro atoms. The highest BCUT2D eigenvalue weighted by Gasteiger charge is 2.18. The summed E-state index contributed by atoms with van der Waals surface area (Å²) in [7, 11) is 0. The van der Waals surface area contributed by atoms with E-state index in [0.29, 0.717) is 47.9 Å². The van der Waals surface area contributed by atoms with E-state index in [-0.39, 0.29) is 17.7 Å². The molecule has 39 heavy (non-hydrogen) atoms. The van der Waals surface area contributed by atoms with Crippen LogP contribution in [0.25, 0.3) is 0 Å². The highest BCUT2D eigenvalue weighted by atomic mass is 79.9. The molecule has 1 aliphatic rings. The lowest BCUT2D eigenvalue weighted by molar-refractivity contribution is -0.122. The first-order chi connectivity index (χ1) is 18.9. The van der Waals surface area contributed by atoms with Gasteiger partial charge in [0.1, 0.15) is 11.6 Å². The van der Waals surface area contributed by atoms with Gasteiger partial charge in [0, 0.05) is 43.8 Å². The third-order valence-corrected chi connectivity index (χ3v) is 6.76. The van der Waals surface area contributed by atoms with E-state index >= 15 is 0 Å². The average molecular weight is 598 g/mol. The molecule has 0 bridgehead atoms. The van der Waals surface area contributed by atoms with Crippen LogP contribution < -0.4 is 27.0 Å². The van der Waals surface area contributed by atoms with Crippen LogP contribution in [0.15, 0.2) is 59.2 Å². The molecule has 1 fully saturated rings. The quantitative estimate of drug-likeness (QED) is 0.182. The smallest absolute Gasteiger partial charge is 0.321 e. The van der Waals surface area contributed by atoms with E-state index in [1.54, 1.807) is 30.5 Å². The third kappa shape index (κ3) is 8.55. The van der Waals surface area contributed by atoms with Gasteiger partial charge in [-0.15, -0.1) is 0 Å². The Labute approximate surface area is 235 Å². The van der Waals surface area contributed by atoms with Crippen LogP contribution in [0.3, 0.4) is 0 Å². The van der Waals surface area contributed by atoms with Crippen molar-refractivity contribution in [1.29, 1.82) is 0 Å². The maximum Gasteiger partial charge on any atom is 0.321 e. The first-order valence-electron chi connectivity index (χ1n) is 12.9. The zero-order valence-electron chi connectivity index (χ0n) is 21.5. The number of carbonyl (C=O) groups excluding carboxylic acids is 2. The van der Waals surface area contributed by atoms with Gasteiger partial charge in [-0.3, -0.25) is 4.79 Å². The number of benzene rings is 2. The summed E-state index contributed by atoms with van der Waals surface area (Å²) in [4.78, 5) is 35.4. The van der Waals surface area contributed by atoms with Crippen molar-refractivity contribution in [2.24, 2.45) is 5.73 Å². The Hall–Kier alpha value is -3.90. The second kappa shape index (κ2) is 13.8. The predicted molar refractivity (Wildman–Crippen MR) is 155 cm³/mol. The molecule has 3 aromatic rings. The highest BCUT2D eigenvalue weighted by Crippen LogP contribution is 2.23. The molecular formula is C27H33BrN8O3. The average Bonchev–Trinajstić information content (AvgIpc) is 3.47. The molecule has 0 unspecified atom stereocenters. The summed E-state index contributed by atoms with van der Waals surface area (Å²) < 4.78 is 0.708. The van der Waals surface area contributed by atoms with Gasteiger partial charge < -0.3 is 37.0 Å². The number of hydrogen-bond donors (Lipinski definition) is 6. The van der Waals surface area contributed by atoms with Gasteiger partial charge in [0.15, 0.2) is 0 Å². The molecule has 1 atom stereocenters. The lowest BCUT2D eigenvalue weighted by Gasteiger charge is -2.16. The Balaban J connectivity index is 1.22. The normalized spacial score (nSPS) is 13.5. The summed E-state index contributed by atoms with van der Waals surface area (Å²) in [5, 5.41) is 21.6. The number of carbonyl (C=O) groups is 2. The second-order valence-electron chi connectivity index (χ2n) is 9.27. The summed E-state index contributed by atoms with van der Waals surface area (Å²) >= 11 is 3.46. The van der Waals surface area contributed by atoms with Crippen molar-refractivity contribution in [2.75, 3.05) is 42.1 Å². The van der Waals surface area contributed by atoms with E-state index < -0.39 is 6.04 Å². The molecule has 11 nitrogen and oxygen atoms in total. The number of anilines is 4. The van der Waals surface area contributed by atoms with Crippen LogP contribution in [0, 0.1) is 0 Å². The number of halogens is 1. The molecular weight excluding hydrogens is 564 g/mol. The summed E-state index contributed by atoms with van der Waals surface area (Å²) in [6, 6.07) is 13.3. The van der Waals surface area contributed by atoms with Crippen molar-refractivity contribution >= 4 is 51.0 Å². The van der Waals surface area contributed by atoms with Crippen molar-refractivity contribution in [2.45, 2.75) is 31.7 Å². The first kappa shape index (κ1) is 28.1. The summed E-state index contributed by atoms with van der Waals surface area (Å²) in [6.07, 6.45) is 4.78. The van der Waals surface area contributed by atoms with Crippen molar-refractivity contribution in [3.63, 3.8) is 0 Å². The maximum absolute atomic E-state index is 12.4. The number of phenolic OH excluding ortho intramolecular Hbond substituents is 1. The van der Waals surface area contributed by atoms with E-state index in [2.05, 4.69) is 47.2 Å². The van der Waals surface area contributed by atoms with Crippen LogP contribution in [-0.4, -0.2) is 64.1 Å². The van der Waals surface area contributed by atoms with Gasteiger partial charge in [0.05, 0.1) is 10.5 Å². The molecule has 0 radical (unpaired) electrons. The van der Waals surface area contributed by atoms with Gasteiger partial charge in [0.2, 0.25) is 11.9 Å². The Bertz CT molecular complexity index is 1270. The van der Waals surface area contributed by atoms with Crippen molar-refractivity contribution in [1.82, 2.24) is 20.2 Å². The minimum absolute atomic E-state index is 0.0912. The fourth-order valence-corrected chi connectivity index (χ4v) is 4.43. The topological polar surface area (TPSA) is 158 Å². The zero-order valence-corrected chi connectivity index (χ0v) is 23.1. The fraction of sp³-hybridized carbons (Fsp3) is 0.333. The number of likely N-dealkylation sites (tertiary alicyclic amines) is 1. The number of rotatable bonds is 11. The van der Waals surface area contributed by atoms with Crippen LogP contribution in [0.2, 0.25) is 0 Å². The van der Waals surface area contributed by atoms with Crippen LogP contribution in [0.4, 0.5) is 27.9 Å². The standard InChI is InChI=1S/C27H33BrN8O3/c28-22-17-32-26(33-19-5-3-6-20(16-19)34-27(39)36-13-1-2-14-36)35-24(22)30-11-4-12-31-25(38)23(29)15-18-7-9-21(37)10-8-18/h3,5-10,16-17,23,37H,1-2,4,11-15,29H2,(H,31,38)(H,34,39)(H2,30,32,33,35)/t23-/m1/s1. The molecule has 2 aromatic carbocycles. The Morgan fingerprint density at radius 1 is 1.08 bits per heavy atom. The van der Waals surface area contributed by atoms with Crippen molar-refractivity contribution in [3.05, 3.63) is 64.8 Å². The van der Waals surface area contributed by atoms with E-state index in [1.807, 2.05) is 29.2 Å². The monoisotopic (exact) mass is 596 g/mol. The van der Waals surface area contributed by atoms with Gasteiger partial charge in [0.25, 0.3) is 0 Å². The molecule has 7 N–H and O–H groups in total. The SMILES string of the molecule is N[C@H](Cc1ccc(O)cc1)C(=O)NCCCNc1nc(Nc2cccc(NC(=O)N3CCCC3)c2)ncc1Br. The lowest BCUT2D eigenvalue weighted by Crippen LogP contribution is -2.42. The Kier molecular flexibility index (Phi) is 9.92. The fourth-order valence-electron chi connectivity index (χ4n) is 4.09. The van der Waals surface area contributed by atoms with Crippen LogP contribution >= 0.6 is 15.9 Å².